The van der Waals surface area contributed by atoms with Crippen molar-refractivity contribution < 1.29 is 14.6 Å². The number of carbonyl (C=O) groups is 1. The lowest BCUT2D eigenvalue weighted by Crippen LogP contribution is -2.45. The van der Waals surface area contributed by atoms with E-state index in [0.29, 0.717) is 30.8 Å². The van der Waals surface area contributed by atoms with E-state index in [1.165, 1.54) is 0 Å². The number of carboxylic acid groups (broad SMARTS) is 1. The van der Waals surface area contributed by atoms with Crippen LogP contribution in [0, 0.1) is 19.3 Å². The first-order valence-electron chi connectivity index (χ1n) is 8.77. The normalized spacial score (nSPS) is 24.6. The van der Waals surface area contributed by atoms with Crippen LogP contribution in [0.4, 0.5) is 0 Å². The molecule has 6 heteroatoms. The summed E-state index contributed by atoms with van der Waals surface area (Å²) in [4.78, 5) is 29.7. The van der Waals surface area contributed by atoms with Gasteiger partial charge in [0.05, 0.1) is 0 Å². The Kier molecular flexibility index (Phi) is 3.88. The van der Waals surface area contributed by atoms with E-state index < -0.39 is 11.4 Å². The van der Waals surface area contributed by atoms with E-state index in [0.717, 1.165) is 17.0 Å². The summed E-state index contributed by atoms with van der Waals surface area (Å²) in [6, 6.07) is 7.68. The van der Waals surface area contributed by atoms with Crippen LogP contribution < -0.4 is 10.2 Å². The van der Waals surface area contributed by atoms with E-state index in [4.69, 9.17) is 4.74 Å². The van der Waals surface area contributed by atoms with Crippen molar-refractivity contribution in [2.45, 2.75) is 26.3 Å². The Morgan fingerprint density at radius 2 is 2.15 bits per heavy atom. The Balaban J connectivity index is 1.67. The van der Waals surface area contributed by atoms with E-state index in [-0.39, 0.29) is 18.0 Å². The maximum atomic E-state index is 12.2. The van der Waals surface area contributed by atoms with Gasteiger partial charge in [0.25, 0.3) is 0 Å². The third kappa shape index (κ3) is 2.44. The van der Waals surface area contributed by atoms with Crippen molar-refractivity contribution >= 4 is 5.97 Å². The Hall–Kier alpha value is -2.60. The van der Waals surface area contributed by atoms with Gasteiger partial charge in [-0.15, -0.1) is 0 Å². The molecule has 3 heterocycles. The van der Waals surface area contributed by atoms with E-state index in [1.54, 1.807) is 13.1 Å². The maximum absolute atomic E-state index is 12.2. The van der Waals surface area contributed by atoms with Crippen LogP contribution in [0.1, 0.15) is 28.3 Å². The molecule has 0 saturated carbocycles. The second-order valence-corrected chi connectivity index (χ2v) is 7.41. The fourth-order valence-corrected chi connectivity index (χ4v) is 4.24. The molecule has 0 radical (unpaired) electrons. The third-order valence-corrected chi connectivity index (χ3v) is 5.82. The summed E-state index contributed by atoms with van der Waals surface area (Å²) in [5.41, 5.74) is 2.27. The highest BCUT2D eigenvalue weighted by molar-refractivity contribution is 5.78. The van der Waals surface area contributed by atoms with Gasteiger partial charge in [0.1, 0.15) is 17.8 Å². The molecule has 2 aromatic rings. The number of likely N-dealkylation sites (tertiary alicyclic amines) is 1. The van der Waals surface area contributed by atoms with Crippen LogP contribution in [0.5, 0.6) is 5.75 Å². The van der Waals surface area contributed by atoms with Gasteiger partial charge in [-0.25, -0.2) is 0 Å². The standard InChI is InChI=1S/C20H22N2O4/c1-12-7-21-16(13(2)18(12)23)9-22-8-15-14-5-3-4-6-17(14)26-11-20(15,10-22)19(24)25/h3-7,15H,8-11H2,1-2H3,(H,21,23)(H,24,25)/t15-,20-/m1/s1. The number of para-hydroxylation sites is 1. The van der Waals surface area contributed by atoms with Gasteiger partial charge in [0.15, 0.2) is 5.43 Å². The molecule has 2 N–H and O–H groups in total. The van der Waals surface area contributed by atoms with Gasteiger partial charge in [-0.1, -0.05) is 18.2 Å². The monoisotopic (exact) mass is 354 g/mol. The summed E-state index contributed by atoms with van der Waals surface area (Å²) in [5, 5.41) is 9.98. The van der Waals surface area contributed by atoms with Crippen molar-refractivity contribution in [3.05, 3.63) is 63.1 Å². The number of benzene rings is 1. The number of hydrogen-bond donors (Lipinski definition) is 2. The fourth-order valence-electron chi connectivity index (χ4n) is 4.24. The zero-order chi connectivity index (χ0) is 18.5. The molecule has 2 aliphatic rings. The van der Waals surface area contributed by atoms with Gasteiger partial charge in [-0.05, 0) is 25.5 Å². The van der Waals surface area contributed by atoms with Crippen molar-refractivity contribution in [3.63, 3.8) is 0 Å². The minimum Gasteiger partial charge on any atom is -0.492 e. The van der Waals surface area contributed by atoms with E-state index in [2.05, 4.69) is 9.88 Å². The zero-order valence-electron chi connectivity index (χ0n) is 14.9. The molecule has 2 aliphatic heterocycles. The molecule has 4 rings (SSSR count). The molecule has 136 valence electrons. The third-order valence-electron chi connectivity index (χ3n) is 5.82. The molecular weight excluding hydrogens is 332 g/mol. The van der Waals surface area contributed by atoms with Crippen LogP contribution in [0.3, 0.4) is 0 Å². The smallest absolute Gasteiger partial charge is 0.315 e. The first-order valence-corrected chi connectivity index (χ1v) is 8.77. The number of nitrogens with one attached hydrogen (secondary N) is 1. The zero-order valence-corrected chi connectivity index (χ0v) is 14.9. The van der Waals surface area contributed by atoms with Crippen LogP contribution in [-0.2, 0) is 11.3 Å². The SMILES string of the molecule is Cc1c[nH]c(CN2C[C@@H]3c4ccccc4OC[C@]3(C(=O)O)C2)c(C)c1=O. The molecule has 1 aromatic heterocycles. The molecule has 1 fully saturated rings. The molecule has 0 bridgehead atoms. The summed E-state index contributed by atoms with van der Waals surface area (Å²) < 4.78 is 5.79. The Morgan fingerprint density at radius 1 is 1.38 bits per heavy atom. The number of ether oxygens (including phenoxy) is 1. The first kappa shape index (κ1) is 16.8. The Labute approximate surface area is 151 Å². The number of carboxylic acids is 1. The number of H-pyrrole nitrogens is 1. The average Bonchev–Trinajstić information content (AvgIpc) is 3.02. The molecular formula is C20H22N2O4. The fraction of sp³-hybridized carbons (Fsp3) is 0.400. The van der Waals surface area contributed by atoms with Gasteiger partial charge < -0.3 is 14.8 Å². The summed E-state index contributed by atoms with van der Waals surface area (Å²) in [5.74, 6) is -0.174. The molecule has 0 amide bonds. The van der Waals surface area contributed by atoms with Crippen molar-refractivity contribution in [2.24, 2.45) is 5.41 Å². The van der Waals surface area contributed by atoms with Crippen LogP contribution in [0.2, 0.25) is 0 Å². The van der Waals surface area contributed by atoms with Crippen LogP contribution in [-0.4, -0.2) is 40.7 Å². The molecule has 0 aliphatic carbocycles. The molecule has 2 atom stereocenters. The van der Waals surface area contributed by atoms with Crippen molar-refractivity contribution in [3.8, 4) is 5.75 Å². The van der Waals surface area contributed by atoms with Crippen molar-refractivity contribution in [2.75, 3.05) is 19.7 Å². The van der Waals surface area contributed by atoms with Gasteiger partial charge in [0, 0.05) is 48.6 Å². The van der Waals surface area contributed by atoms with Crippen LogP contribution in [0.15, 0.2) is 35.3 Å². The van der Waals surface area contributed by atoms with E-state index >= 15 is 0 Å². The lowest BCUT2D eigenvalue weighted by molar-refractivity contribution is -0.151. The number of fused-ring (bicyclic) bond motifs is 3. The largest absolute Gasteiger partial charge is 0.492 e. The minimum absolute atomic E-state index is 0.0389. The highest BCUT2D eigenvalue weighted by atomic mass is 16.5. The van der Waals surface area contributed by atoms with Gasteiger partial charge in [0.2, 0.25) is 0 Å². The van der Waals surface area contributed by atoms with Crippen LogP contribution in [0.25, 0.3) is 0 Å². The van der Waals surface area contributed by atoms with E-state index in [9.17, 15) is 14.7 Å². The maximum Gasteiger partial charge on any atom is 0.315 e. The van der Waals surface area contributed by atoms with Crippen molar-refractivity contribution in [1.29, 1.82) is 0 Å². The minimum atomic E-state index is -0.951. The Morgan fingerprint density at radius 3 is 2.92 bits per heavy atom. The van der Waals surface area contributed by atoms with E-state index in [1.807, 2.05) is 31.2 Å². The first-order chi connectivity index (χ1) is 12.4. The molecule has 0 spiro atoms. The second kappa shape index (κ2) is 5.99. The molecule has 6 nitrogen and oxygen atoms in total. The average molecular weight is 354 g/mol. The topological polar surface area (TPSA) is 82.6 Å². The number of aliphatic carboxylic acids is 1. The number of pyridine rings is 1. The highest BCUT2D eigenvalue weighted by Crippen LogP contribution is 2.49. The quantitative estimate of drug-likeness (QED) is 0.882. The number of nitrogens with zero attached hydrogens (tertiary/aromatic N) is 1. The van der Waals surface area contributed by atoms with Gasteiger partial charge >= 0.3 is 5.97 Å². The summed E-state index contributed by atoms with van der Waals surface area (Å²) >= 11 is 0. The summed E-state index contributed by atoms with van der Waals surface area (Å²) in [6.45, 7) is 5.32. The predicted octanol–water partition coefficient (Wildman–Crippen LogP) is 2.05. The molecule has 0 unspecified atom stereocenters. The number of aryl methyl sites for hydroxylation is 1. The number of rotatable bonds is 3. The number of aromatic amines is 1. The van der Waals surface area contributed by atoms with Crippen LogP contribution >= 0.6 is 0 Å². The summed E-state index contributed by atoms with van der Waals surface area (Å²) in [6.07, 6.45) is 1.72. The Bertz CT molecular complexity index is 936. The lowest BCUT2D eigenvalue weighted by atomic mass is 9.73. The second-order valence-electron chi connectivity index (χ2n) is 7.41. The number of hydrogen-bond acceptors (Lipinski definition) is 4. The number of aromatic nitrogens is 1. The molecule has 1 saturated heterocycles. The lowest BCUT2D eigenvalue weighted by Gasteiger charge is -2.35. The van der Waals surface area contributed by atoms with Gasteiger partial charge in [-0.3, -0.25) is 14.5 Å². The van der Waals surface area contributed by atoms with Gasteiger partial charge in [-0.2, -0.15) is 0 Å². The molecule has 26 heavy (non-hydrogen) atoms. The highest BCUT2D eigenvalue weighted by Gasteiger charge is 2.56. The summed E-state index contributed by atoms with van der Waals surface area (Å²) in [7, 11) is 0. The molecule has 1 aromatic carbocycles. The van der Waals surface area contributed by atoms with Crippen molar-refractivity contribution in [1.82, 2.24) is 9.88 Å². The predicted molar refractivity (Wildman–Crippen MR) is 96.6 cm³/mol.